The Morgan fingerprint density at radius 3 is 1.53 bits per heavy atom. The highest BCUT2D eigenvalue weighted by Gasteiger charge is 2.55. The first-order chi connectivity index (χ1) is 9.18. The van der Waals surface area contributed by atoms with Crippen LogP contribution >= 0.6 is 0 Å². The van der Waals surface area contributed by atoms with Crippen molar-refractivity contribution in [1.82, 2.24) is 4.23 Å². The second-order valence-electron chi connectivity index (χ2n) is 7.02. The highest BCUT2D eigenvalue weighted by molar-refractivity contribution is 6.97. The lowest BCUT2D eigenvalue weighted by molar-refractivity contribution is 0.323. The molecular weight excluding hydrogens is 262 g/mol. The maximum Gasteiger partial charge on any atom is 0.121 e. The van der Waals surface area contributed by atoms with Crippen LogP contribution < -0.4 is 0 Å². The van der Waals surface area contributed by atoms with Gasteiger partial charge in [0.1, 0.15) is 16.5 Å². The minimum absolute atomic E-state index is 1.01. The first kappa shape index (κ1) is 15.8. The van der Waals surface area contributed by atoms with Gasteiger partial charge in [-0.05, 0) is 55.1 Å². The van der Waals surface area contributed by atoms with Crippen molar-refractivity contribution in [3.63, 3.8) is 0 Å². The first-order valence-corrected chi connectivity index (χ1v) is 14.1. The molecule has 0 unspecified atom stereocenters. The fourth-order valence-electron chi connectivity index (χ4n) is 5.21. The predicted octanol–water partition coefficient (Wildman–Crippen LogP) is 5.61. The van der Waals surface area contributed by atoms with E-state index in [1.165, 1.54) is 56.3 Å². The second kappa shape index (κ2) is 6.44. The zero-order valence-corrected chi connectivity index (χ0v) is 15.8. The van der Waals surface area contributed by atoms with E-state index in [1.54, 1.807) is 12.1 Å². The summed E-state index contributed by atoms with van der Waals surface area (Å²) in [4.78, 5) is 0. The number of hydrogen-bond acceptors (Lipinski definition) is 1. The lowest BCUT2D eigenvalue weighted by Gasteiger charge is -2.51. The lowest BCUT2D eigenvalue weighted by atomic mass is 9.96. The Morgan fingerprint density at radius 1 is 0.737 bits per heavy atom. The molecule has 1 heterocycles. The standard InChI is InChI=1S/C16H35NSi2/c1-5-18(6-2)14-15-19(7-3,8-4)17(18)16-12-10-9-11-13-16/h16H,5-15H2,1-4H3. The molecule has 1 nitrogen and oxygen atoms in total. The summed E-state index contributed by atoms with van der Waals surface area (Å²) in [6.07, 6.45) is 7.59. The Morgan fingerprint density at radius 2 is 1.16 bits per heavy atom. The van der Waals surface area contributed by atoms with Gasteiger partial charge in [0, 0.05) is 0 Å². The summed E-state index contributed by atoms with van der Waals surface area (Å²) in [6, 6.07) is 10.4. The molecule has 2 aliphatic rings. The largest absolute Gasteiger partial charge is 0.342 e. The SMILES string of the molecule is CC[Si]1(CC)CC[Si](CC)(CC)N1C1CCCCC1. The van der Waals surface area contributed by atoms with E-state index in [0.29, 0.717) is 0 Å². The van der Waals surface area contributed by atoms with Crippen LogP contribution in [0.5, 0.6) is 0 Å². The van der Waals surface area contributed by atoms with Gasteiger partial charge in [-0.15, -0.1) is 0 Å². The van der Waals surface area contributed by atoms with E-state index in [9.17, 15) is 0 Å². The maximum absolute atomic E-state index is 3.35. The third kappa shape index (κ3) is 2.63. The van der Waals surface area contributed by atoms with Gasteiger partial charge < -0.3 is 4.23 Å². The zero-order valence-electron chi connectivity index (χ0n) is 13.8. The molecule has 0 aromatic rings. The minimum Gasteiger partial charge on any atom is -0.342 e. The quantitative estimate of drug-likeness (QED) is 0.597. The van der Waals surface area contributed by atoms with Crippen molar-refractivity contribution in [3.8, 4) is 0 Å². The molecule has 112 valence electrons. The van der Waals surface area contributed by atoms with Gasteiger partial charge in [0.25, 0.3) is 0 Å². The fourth-order valence-corrected chi connectivity index (χ4v) is 21.9. The van der Waals surface area contributed by atoms with Gasteiger partial charge in [-0.1, -0.05) is 47.0 Å². The van der Waals surface area contributed by atoms with Gasteiger partial charge >= 0.3 is 0 Å². The van der Waals surface area contributed by atoms with E-state index in [1.807, 2.05) is 0 Å². The Balaban J connectivity index is 2.31. The number of hydrogen-bond donors (Lipinski definition) is 0. The molecule has 0 radical (unpaired) electrons. The van der Waals surface area contributed by atoms with Gasteiger partial charge in [-0.3, -0.25) is 0 Å². The summed E-state index contributed by atoms with van der Waals surface area (Å²) in [5, 5.41) is 0. The van der Waals surface area contributed by atoms with E-state index in [0.717, 1.165) is 6.04 Å². The molecule has 0 atom stereocenters. The van der Waals surface area contributed by atoms with Gasteiger partial charge in [-0.25, -0.2) is 0 Å². The van der Waals surface area contributed by atoms with Crippen LogP contribution in [0.1, 0.15) is 59.8 Å². The van der Waals surface area contributed by atoms with Gasteiger partial charge in [0.05, 0.1) is 0 Å². The summed E-state index contributed by atoms with van der Waals surface area (Å²) >= 11 is 0. The van der Waals surface area contributed by atoms with Crippen LogP contribution in [0.2, 0.25) is 36.3 Å². The van der Waals surface area contributed by atoms with Crippen LogP contribution in [-0.2, 0) is 0 Å². The van der Waals surface area contributed by atoms with E-state index in [4.69, 9.17) is 0 Å². The highest BCUT2D eigenvalue weighted by Crippen LogP contribution is 2.48. The Bertz CT molecular complexity index is 258. The zero-order chi connectivity index (χ0) is 13.9. The molecule has 0 amide bonds. The van der Waals surface area contributed by atoms with Crippen molar-refractivity contribution in [2.45, 2.75) is 102 Å². The molecular formula is C16H35NSi2. The average Bonchev–Trinajstić information content (AvgIpc) is 2.83. The molecule has 2 fully saturated rings. The van der Waals surface area contributed by atoms with Crippen molar-refractivity contribution >= 4 is 16.5 Å². The number of nitrogens with zero attached hydrogens (tertiary/aromatic N) is 1. The van der Waals surface area contributed by atoms with Crippen LogP contribution in [0.25, 0.3) is 0 Å². The summed E-state index contributed by atoms with van der Waals surface area (Å²) in [6.45, 7) is 10.1. The van der Waals surface area contributed by atoms with Gasteiger partial charge in [-0.2, -0.15) is 0 Å². The first-order valence-electron chi connectivity index (χ1n) is 8.97. The second-order valence-corrected chi connectivity index (χ2v) is 17.2. The fraction of sp³-hybridized carbons (Fsp3) is 1.00. The topological polar surface area (TPSA) is 3.24 Å². The van der Waals surface area contributed by atoms with Crippen LogP contribution in [0.3, 0.4) is 0 Å². The summed E-state index contributed by atoms with van der Waals surface area (Å²) in [7, 11) is -2.16. The van der Waals surface area contributed by atoms with E-state index in [-0.39, 0.29) is 0 Å². The van der Waals surface area contributed by atoms with E-state index < -0.39 is 16.5 Å². The maximum atomic E-state index is 3.35. The van der Waals surface area contributed by atoms with Crippen LogP contribution in [0, 0.1) is 0 Å². The van der Waals surface area contributed by atoms with Gasteiger partial charge in [0.15, 0.2) is 0 Å². The Kier molecular flexibility index (Phi) is 5.35. The minimum atomic E-state index is -1.08. The molecule has 1 saturated carbocycles. The molecule has 0 spiro atoms. The normalized spacial score (nSPS) is 27.8. The van der Waals surface area contributed by atoms with Crippen LogP contribution in [-0.4, -0.2) is 26.7 Å². The van der Waals surface area contributed by atoms with Crippen molar-refractivity contribution in [3.05, 3.63) is 0 Å². The smallest absolute Gasteiger partial charge is 0.121 e. The molecule has 19 heavy (non-hydrogen) atoms. The van der Waals surface area contributed by atoms with Crippen molar-refractivity contribution < 1.29 is 0 Å². The molecule has 1 saturated heterocycles. The third-order valence-electron chi connectivity index (χ3n) is 6.65. The van der Waals surface area contributed by atoms with Crippen molar-refractivity contribution in [1.29, 1.82) is 0 Å². The van der Waals surface area contributed by atoms with Crippen molar-refractivity contribution in [2.24, 2.45) is 0 Å². The van der Waals surface area contributed by atoms with Crippen molar-refractivity contribution in [2.75, 3.05) is 0 Å². The molecule has 3 heteroatoms. The number of rotatable bonds is 5. The van der Waals surface area contributed by atoms with E-state index >= 15 is 0 Å². The molecule has 0 aromatic heterocycles. The summed E-state index contributed by atoms with van der Waals surface area (Å²) < 4.78 is 3.35. The average molecular weight is 298 g/mol. The molecule has 1 aliphatic heterocycles. The monoisotopic (exact) mass is 297 g/mol. The molecule has 1 aliphatic carbocycles. The summed E-state index contributed by atoms with van der Waals surface area (Å²) in [5.41, 5.74) is 0. The summed E-state index contributed by atoms with van der Waals surface area (Å²) in [5.74, 6) is 0. The third-order valence-corrected chi connectivity index (χ3v) is 20.4. The molecule has 2 rings (SSSR count). The Labute approximate surface area is 123 Å². The van der Waals surface area contributed by atoms with E-state index in [2.05, 4.69) is 31.9 Å². The molecule has 0 aromatic carbocycles. The molecule has 0 N–H and O–H groups in total. The predicted molar refractivity (Wildman–Crippen MR) is 91.8 cm³/mol. The van der Waals surface area contributed by atoms with Crippen LogP contribution in [0.4, 0.5) is 0 Å². The highest BCUT2D eigenvalue weighted by atomic mass is 28.4. The molecule has 0 bridgehead atoms. The van der Waals surface area contributed by atoms with Gasteiger partial charge in [0.2, 0.25) is 0 Å². The lowest BCUT2D eigenvalue weighted by Crippen LogP contribution is -2.63. The Hall–Kier alpha value is 0.394. The van der Waals surface area contributed by atoms with Crippen LogP contribution in [0.15, 0.2) is 0 Å².